The summed E-state index contributed by atoms with van der Waals surface area (Å²) in [5.74, 6) is -0.543. The first-order valence-electron chi connectivity index (χ1n) is 8.92. The highest BCUT2D eigenvalue weighted by molar-refractivity contribution is 6.34. The largest absolute Gasteiger partial charge is 0.334 e. The van der Waals surface area contributed by atoms with E-state index >= 15 is 0 Å². The minimum Gasteiger partial charge on any atom is -0.334 e. The summed E-state index contributed by atoms with van der Waals surface area (Å²) in [6.45, 7) is 1.88. The van der Waals surface area contributed by atoms with Gasteiger partial charge in [0.15, 0.2) is 0 Å². The van der Waals surface area contributed by atoms with Gasteiger partial charge in [0.05, 0.1) is 11.1 Å². The first-order chi connectivity index (χ1) is 13.9. The Hall–Kier alpha value is -2.89. The number of aromatic nitrogens is 1. The third-order valence-electron chi connectivity index (χ3n) is 4.58. The molecule has 0 saturated heterocycles. The Bertz CT molecular complexity index is 1040. The standard InChI is InChI=1S/C22H19Cl2N3O2/c1-14(27(2)22(29)20-18(23)11-12-19(24)26-20)16-9-6-10-17(13-16)25-21(28)15-7-4-3-5-8-15/h3-14H,1-2H3,(H,25,28)/t14-/m0/s1. The third-order valence-corrected chi connectivity index (χ3v) is 5.09. The van der Waals surface area contributed by atoms with Crippen LogP contribution in [0.1, 0.15) is 39.4 Å². The van der Waals surface area contributed by atoms with Crippen molar-refractivity contribution in [3.8, 4) is 0 Å². The van der Waals surface area contributed by atoms with Gasteiger partial charge in [0.1, 0.15) is 10.8 Å². The fraction of sp³-hybridized carbons (Fsp3) is 0.136. The zero-order valence-electron chi connectivity index (χ0n) is 15.9. The highest BCUT2D eigenvalue weighted by Gasteiger charge is 2.23. The zero-order chi connectivity index (χ0) is 21.0. The fourth-order valence-corrected chi connectivity index (χ4v) is 3.14. The molecule has 7 heteroatoms. The van der Waals surface area contributed by atoms with Crippen molar-refractivity contribution in [3.05, 3.63) is 93.7 Å². The van der Waals surface area contributed by atoms with E-state index in [-0.39, 0.29) is 33.7 Å². The van der Waals surface area contributed by atoms with Crippen molar-refractivity contribution in [2.75, 3.05) is 12.4 Å². The van der Waals surface area contributed by atoms with Crippen LogP contribution in [0.4, 0.5) is 5.69 Å². The lowest BCUT2D eigenvalue weighted by Crippen LogP contribution is -2.30. The first kappa shape index (κ1) is 20.8. The molecule has 0 radical (unpaired) electrons. The number of benzene rings is 2. The Labute approximate surface area is 179 Å². The van der Waals surface area contributed by atoms with E-state index in [1.165, 1.54) is 11.0 Å². The molecule has 1 N–H and O–H groups in total. The molecule has 2 amide bonds. The Balaban J connectivity index is 1.78. The van der Waals surface area contributed by atoms with Gasteiger partial charge in [0.2, 0.25) is 0 Å². The summed E-state index contributed by atoms with van der Waals surface area (Å²) in [5.41, 5.74) is 2.16. The molecule has 0 saturated carbocycles. The van der Waals surface area contributed by atoms with Crippen LogP contribution in [0.3, 0.4) is 0 Å². The number of hydrogen-bond acceptors (Lipinski definition) is 3. The van der Waals surface area contributed by atoms with Crippen molar-refractivity contribution < 1.29 is 9.59 Å². The Morgan fingerprint density at radius 2 is 1.72 bits per heavy atom. The van der Waals surface area contributed by atoms with Gasteiger partial charge >= 0.3 is 0 Å². The lowest BCUT2D eigenvalue weighted by Gasteiger charge is -2.26. The molecule has 0 bridgehead atoms. The molecule has 0 aliphatic carbocycles. The molecule has 0 aliphatic rings. The molecule has 0 aliphatic heterocycles. The molecule has 1 heterocycles. The van der Waals surface area contributed by atoms with E-state index in [4.69, 9.17) is 23.2 Å². The SMILES string of the molecule is C[C@@H](c1cccc(NC(=O)c2ccccc2)c1)N(C)C(=O)c1nc(Cl)ccc1Cl. The molecule has 2 aromatic carbocycles. The maximum atomic E-state index is 12.8. The van der Waals surface area contributed by atoms with Crippen molar-refractivity contribution in [2.45, 2.75) is 13.0 Å². The Kier molecular flexibility index (Phi) is 6.52. The first-order valence-corrected chi connectivity index (χ1v) is 9.68. The summed E-state index contributed by atoms with van der Waals surface area (Å²) in [6.07, 6.45) is 0. The van der Waals surface area contributed by atoms with Crippen molar-refractivity contribution >= 4 is 40.7 Å². The van der Waals surface area contributed by atoms with Crippen molar-refractivity contribution in [3.63, 3.8) is 0 Å². The van der Waals surface area contributed by atoms with Crippen LogP contribution in [0, 0.1) is 0 Å². The van der Waals surface area contributed by atoms with Crippen LogP contribution in [0.15, 0.2) is 66.7 Å². The van der Waals surface area contributed by atoms with Crippen molar-refractivity contribution in [1.82, 2.24) is 9.88 Å². The van der Waals surface area contributed by atoms with Crippen molar-refractivity contribution in [1.29, 1.82) is 0 Å². The second kappa shape index (κ2) is 9.07. The van der Waals surface area contributed by atoms with Crippen LogP contribution in [-0.2, 0) is 0 Å². The number of nitrogens with one attached hydrogen (secondary N) is 1. The highest BCUT2D eigenvalue weighted by Crippen LogP contribution is 2.26. The van der Waals surface area contributed by atoms with Crippen LogP contribution < -0.4 is 5.32 Å². The molecule has 0 unspecified atom stereocenters. The normalized spacial score (nSPS) is 11.6. The second-order valence-electron chi connectivity index (χ2n) is 6.50. The summed E-state index contributed by atoms with van der Waals surface area (Å²) in [4.78, 5) is 30.8. The predicted octanol–water partition coefficient (Wildman–Crippen LogP) is 5.47. The van der Waals surface area contributed by atoms with E-state index < -0.39 is 0 Å². The monoisotopic (exact) mass is 427 g/mol. The molecule has 5 nitrogen and oxygen atoms in total. The average molecular weight is 428 g/mol. The molecule has 1 atom stereocenters. The average Bonchev–Trinajstić information content (AvgIpc) is 2.74. The quantitative estimate of drug-likeness (QED) is 0.548. The van der Waals surface area contributed by atoms with Gasteiger partial charge < -0.3 is 10.2 Å². The van der Waals surface area contributed by atoms with Crippen LogP contribution in [0.25, 0.3) is 0 Å². The van der Waals surface area contributed by atoms with Crippen LogP contribution in [0.5, 0.6) is 0 Å². The van der Waals surface area contributed by atoms with E-state index in [0.29, 0.717) is 11.3 Å². The van der Waals surface area contributed by atoms with E-state index in [1.54, 1.807) is 31.3 Å². The number of carbonyl (C=O) groups is 2. The van der Waals surface area contributed by atoms with E-state index in [0.717, 1.165) is 5.56 Å². The van der Waals surface area contributed by atoms with Gasteiger partial charge in [-0.25, -0.2) is 4.98 Å². The number of hydrogen-bond donors (Lipinski definition) is 1. The van der Waals surface area contributed by atoms with Gasteiger partial charge in [-0.3, -0.25) is 9.59 Å². The molecular weight excluding hydrogens is 409 g/mol. The fourth-order valence-electron chi connectivity index (χ4n) is 2.80. The van der Waals surface area contributed by atoms with Crippen LogP contribution in [0.2, 0.25) is 10.2 Å². The molecule has 3 aromatic rings. The lowest BCUT2D eigenvalue weighted by atomic mass is 10.1. The highest BCUT2D eigenvalue weighted by atomic mass is 35.5. The molecule has 0 spiro atoms. The minimum atomic E-state index is -0.344. The summed E-state index contributed by atoms with van der Waals surface area (Å²) in [6, 6.07) is 19.1. The number of pyridine rings is 1. The van der Waals surface area contributed by atoms with Gasteiger partial charge in [0, 0.05) is 18.3 Å². The maximum Gasteiger partial charge on any atom is 0.274 e. The Morgan fingerprint density at radius 1 is 1.00 bits per heavy atom. The van der Waals surface area contributed by atoms with Gasteiger partial charge in [-0.1, -0.05) is 53.5 Å². The molecule has 148 valence electrons. The molecule has 3 rings (SSSR count). The second-order valence-corrected chi connectivity index (χ2v) is 7.30. The maximum absolute atomic E-state index is 12.8. The molecule has 29 heavy (non-hydrogen) atoms. The number of nitrogens with zero attached hydrogens (tertiary/aromatic N) is 2. The molecule has 0 fully saturated rings. The third kappa shape index (κ3) is 4.94. The Morgan fingerprint density at radius 3 is 2.45 bits per heavy atom. The number of carbonyl (C=O) groups excluding carboxylic acids is 2. The summed E-state index contributed by atoms with van der Waals surface area (Å²) >= 11 is 12.0. The van der Waals surface area contributed by atoms with E-state index in [9.17, 15) is 9.59 Å². The van der Waals surface area contributed by atoms with Crippen LogP contribution >= 0.6 is 23.2 Å². The van der Waals surface area contributed by atoms with E-state index in [2.05, 4.69) is 10.3 Å². The number of halogens is 2. The van der Waals surface area contributed by atoms with Gasteiger partial charge in [-0.15, -0.1) is 0 Å². The molecule has 1 aromatic heterocycles. The van der Waals surface area contributed by atoms with Crippen molar-refractivity contribution in [2.24, 2.45) is 0 Å². The predicted molar refractivity (Wildman–Crippen MR) is 116 cm³/mol. The smallest absolute Gasteiger partial charge is 0.274 e. The van der Waals surface area contributed by atoms with Gasteiger partial charge in [-0.05, 0) is 48.9 Å². The summed E-state index contributed by atoms with van der Waals surface area (Å²) in [7, 11) is 1.67. The lowest BCUT2D eigenvalue weighted by molar-refractivity contribution is 0.0736. The minimum absolute atomic E-state index is 0.0991. The summed E-state index contributed by atoms with van der Waals surface area (Å²) in [5, 5.41) is 3.31. The zero-order valence-corrected chi connectivity index (χ0v) is 17.4. The topological polar surface area (TPSA) is 62.3 Å². The molecular formula is C22H19Cl2N3O2. The number of rotatable bonds is 5. The van der Waals surface area contributed by atoms with E-state index in [1.807, 2.05) is 43.3 Å². The van der Waals surface area contributed by atoms with Gasteiger partial charge in [-0.2, -0.15) is 0 Å². The van der Waals surface area contributed by atoms with Crippen LogP contribution in [-0.4, -0.2) is 28.7 Å². The number of anilines is 1. The summed E-state index contributed by atoms with van der Waals surface area (Å²) < 4.78 is 0. The number of amides is 2. The van der Waals surface area contributed by atoms with Gasteiger partial charge in [0.25, 0.3) is 11.8 Å².